The second kappa shape index (κ2) is 8.39. The van der Waals surface area contributed by atoms with Crippen molar-refractivity contribution in [1.82, 2.24) is 9.97 Å². The number of nitrogens with zero attached hydrogens (tertiary/aromatic N) is 1. The van der Waals surface area contributed by atoms with E-state index in [-0.39, 0.29) is 11.3 Å². The third-order valence-corrected chi connectivity index (χ3v) is 5.08. The van der Waals surface area contributed by atoms with E-state index in [0.29, 0.717) is 21.6 Å². The molecule has 0 fully saturated rings. The summed E-state index contributed by atoms with van der Waals surface area (Å²) in [6.45, 7) is 0. The van der Waals surface area contributed by atoms with Gasteiger partial charge in [0.15, 0.2) is 0 Å². The van der Waals surface area contributed by atoms with Crippen LogP contribution in [0.15, 0.2) is 89.4 Å². The molecule has 1 heterocycles. The third-order valence-electron chi connectivity index (χ3n) is 4.59. The number of hydrogen-bond acceptors (Lipinski definition) is 3. The van der Waals surface area contributed by atoms with Crippen molar-refractivity contribution < 1.29 is 15.0 Å². The van der Waals surface area contributed by atoms with Gasteiger partial charge in [0.25, 0.3) is 0 Å². The van der Waals surface area contributed by atoms with Crippen molar-refractivity contribution in [2.24, 2.45) is 0 Å². The normalized spacial score (nSPS) is 11.4. The molecule has 30 heavy (non-hydrogen) atoms. The fourth-order valence-electron chi connectivity index (χ4n) is 3.24. The largest absolute Gasteiger partial charge is 0.507 e. The number of carboxylic acids is 1. The molecule has 0 radical (unpaired) electrons. The van der Waals surface area contributed by atoms with Crippen LogP contribution in [-0.2, 0) is 4.79 Å². The van der Waals surface area contributed by atoms with Gasteiger partial charge in [-0.25, -0.2) is 9.78 Å². The SMILES string of the molecule is O=C(O)C=C(c1nc(-c2ccccc2)c(-c2ccccc2)[nH]1)c1cc(Br)ccc1O. The van der Waals surface area contributed by atoms with Gasteiger partial charge in [-0.05, 0) is 18.2 Å². The summed E-state index contributed by atoms with van der Waals surface area (Å²) in [5, 5.41) is 19.9. The maximum absolute atomic E-state index is 11.6. The Bertz CT molecular complexity index is 1180. The second-order valence-corrected chi connectivity index (χ2v) is 7.51. The maximum atomic E-state index is 11.6. The van der Waals surface area contributed by atoms with Gasteiger partial charge in [-0.3, -0.25) is 0 Å². The average Bonchev–Trinajstić information content (AvgIpc) is 3.20. The van der Waals surface area contributed by atoms with Crippen LogP contribution < -0.4 is 0 Å². The molecule has 4 aromatic rings. The Kier molecular flexibility index (Phi) is 5.50. The van der Waals surface area contributed by atoms with Crippen molar-refractivity contribution in [3.63, 3.8) is 0 Å². The van der Waals surface area contributed by atoms with Gasteiger partial charge in [-0.1, -0.05) is 76.6 Å². The molecule has 0 unspecified atom stereocenters. The molecule has 1 aromatic heterocycles. The highest BCUT2D eigenvalue weighted by Crippen LogP contribution is 2.36. The lowest BCUT2D eigenvalue weighted by Gasteiger charge is -2.08. The van der Waals surface area contributed by atoms with Crippen LogP contribution in [0, 0.1) is 0 Å². The zero-order chi connectivity index (χ0) is 21.1. The summed E-state index contributed by atoms with van der Waals surface area (Å²) in [6.07, 6.45) is 1.05. The molecule has 6 heteroatoms. The zero-order valence-electron chi connectivity index (χ0n) is 15.7. The number of aromatic nitrogens is 2. The zero-order valence-corrected chi connectivity index (χ0v) is 17.3. The van der Waals surface area contributed by atoms with Crippen LogP contribution in [-0.4, -0.2) is 26.2 Å². The molecule has 0 aliphatic carbocycles. The summed E-state index contributed by atoms with van der Waals surface area (Å²) >= 11 is 3.38. The number of halogens is 1. The summed E-state index contributed by atoms with van der Waals surface area (Å²) in [5.41, 5.74) is 3.92. The molecule has 0 saturated heterocycles. The number of carbonyl (C=O) groups is 1. The molecule has 0 aliphatic heterocycles. The number of hydrogen-bond donors (Lipinski definition) is 3. The predicted octanol–water partition coefficient (Wildman–Crippen LogP) is 5.73. The van der Waals surface area contributed by atoms with Crippen molar-refractivity contribution in [2.75, 3.05) is 0 Å². The average molecular weight is 461 g/mol. The molecule has 0 bridgehead atoms. The Morgan fingerprint density at radius 3 is 2.20 bits per heavy atom. The van der Waals surface area contributed by atoms with Gasteiger partial charge in [0.2, 0.25) is 0 Å². The first-order chi connectivity index (χ1) is 14.5. The van der Waals surface area contributed by atoms with Gasteiger partial charge in [0.1, 0.15) is 11.6 Å². The molecular weight excluding hydrogens is 444 g/mol. The molecule has 148 valence electrons. The Labute approximate surface area is 181 Å². The van der Waals surface area contributed by atoms with Crippen molar-refractivity contribution in [2.45, 2.75) is 0 Å². The summed E-state index contributed by atoms with van der Waals surface area (Å²) in [5.74, 6) is -0.823. The third kappa shape index (κ3) is 4.04. The molecule has 0 atom stereocenters. The van der Waals surface area contributed by atoms with Crippen LogP contribution in [0.4, 0.5) is 0 Å². The first-order valence-corrected chi connectivity index (χ1v) is 9.97. The number of rotatable bonds is 5. The molecule has 0 aliphatic rings. The molecule has 3 aromatic carbocycles. The lowest BCUT2D eigenvalue weighted by Crippen LogP contribution is -1.97. The van der Waals surface area contributed by atoms with Crippen molar-refractivity contribution in [3.05, 3.63) is 101 Å². The number of phenols is 1. The summed E-state index contributed by atoms with van der Waals surface area (Å²) in [6, 6.07) is 24.2. The van der Waals surface area contributed by atoms with Gasteiger partial charge in [-0.15, -0.1) is 0 Å². The standard InChI is InChI=1S/C24H17BrN2O3/c25-17-11-12-20(28)18(13-17)19(14-21(29)30)24-26-22(15-7-3-1-4-8-15)23(27-24)16-9-5-2-6-10-16/h1-14,28H,(H,26,27)(H,29,30). The van der Waals surface area contributed by atoms with Gasteiger partial charge in [0.05, 0.1) is 11.4 Å². The Balaban J connectivity index is 1.96. The number of carboxylic acid groups (broad SMARTS) is 1. The monoisotopic (exact) mass is 460 g/mol. The van der Waals surface area contributed by atoms with Crippen LogP contribution >= 0.6 is 15.9 Å². The maximum Gasteiger partial charge on any atom is 0.329 e. The van der Waals surface area contributed by atoms with E-state index in [9.17, 15) is 15.0 Å². The number of nitrogens with one attached hydrogen (secondary N) is 1. The topological polar surface area (TPSA) is 86.2 Å². The van der Waals surface area contributed by atoms with E-state index in [1.165, 1.54) is 6.07 Å². The minimum atomic E-state index is -1.14. The van der Waals surface area contributed by atoms with Gasteiger partial charge in [-0.2, -0.15) is 0 Å². The van der Waals surface area contributed by atoms with E-state index in [0.717, 1.165) is 22.9 Å². The molecule has 0 amide bonds. The fraction of sp³-hybridized carbons (Fsp3) is 0. The van der Waals surface area contributed by atoms with E-state index in [4.69, 9.17) is 4.98 Å². The molecule has 5 nitrogen and oxygen atoms in total. The van der Waals surface area contributed by atoms with E-state index >= 15 is 0 Å². The highest BCUT2D eigenvalue weighted by atomic mass is 79.9. The van der Waals surface area contributed by atoms with E-state index in [1.54, 1.807) is 12.1 Å². The van der Waals surface area contributed by atoms with Crippen molar-refractivity contribution in [3.8, 4) is 28.3 Å². The second-order valence-electron chi connectivity index (χ2n) is 6.60. The van der Waals surface area contributed by atoms with E-state index in [1.807, 2.05) is 60.7 Å². The predicted molar refractivity (Wildman–Crippen MR) is 120 cm³/mol. The Morgan fingerprint density at radius 1 is 0.933 bits per heavy atom. The number of imidazole rings is 1. The van der Waals surface area contributed by atoms with Crippen LogP contribution in [0.25, 0.3) is 28.1 Å². The number of aliphatic carboxylic acids is 1. The lowest BCUT2D eigenvalue weighted by atomic mass is 10.0. The number of H-pyrrole nitrogens is 1. The van der Waals surface area contributed by atoms with Gasteiger partial charge >= 0.3 is 5.97 Å². The molecular formula is C24H17BrN2O3. The van der Waals surface area contributed by atoms with E-state index in [2.05, 4.69) is 20.9 Å². The smallest absolute Gasteiger partial charge is 0.329 e. The summed E-state index contributed by atoms with van der Waals surface area (Å²) in [7, 11) is 0. The number of phenolic OH excluding ortho intramolecular Hbond substituents is 1. The number of aromatic amines is 1. The summed E-state index contributed by atoms with van der Waals surface area (Å²) < 4.78 is 0.713. The van der Waals surface area contributed by atoms with E-state index < -0.39 is 5.97 Å². The highest BCUT2D eigenvalue weighted by molar-refractivity contribution is 9.10. The lowest BCUT2D eigenvalue weighted by molar-refractivity contribution is -0.131. The minimum absolute atomic E-state index is 0.0374. The fourth-order valence-corrected chi connectivity index (χ4v) is 3.60. The van der Waals surface area contributed by atoms with Crippen LogP contribution in [0.2, 0.25) is 0 Å². The quantitative estimate of drug-likeness (QED) is 0.332. The molecule has 0 saturated carbocycles. The van der Waals surface area contributed by atoms with Crippen molar-refractivity contribution in [1.29, 1.82) is 0 Å². The Hall–Kier alpha value is -3.64. The first kappa shape index (κ1) is 19.7. The van der Waals surface area contributed by atoms with Crippen LogP contribution in [0.3, 0.4) is 0 Å². The van der Waals surface area contributed by atoms with Crippen LogP contribution in [0.5, 0.6) is 5.75 Å². The Morgan fingerprint density at radius 2 is 1.57 bits per heavy atom. The van der Waals surface area contributed by atoms with Gasteiger partial charge in [0, 0.05) is 32.8 Å². The molecule has 4 rings (SSSR count). The minimum Gasteiger partial charge on any atom is -0.507 e. The number of aromatic hydroxyl groups is 1. The van der Waals surface area contributed by atoms with Gasteiger partial charge < -0.3 is 15.2 Å². The van der Waals surface area contributed by atoms with Crippen molar-refractivity contribution >= 4 is 27.5 Å². The first-order valence-electron chi connectivity index (χ1n) is 9.17. The summed E-state index contributed by atoms with van der Waals surface area (Å²) in [4.78, 5) is 19.6. The molecule has 3 N–H and O–H groups in total. The number of benzene rings is 3. The molecule has 0 spiro atoms. The van der Waals surface area contributed by atoms with Crippen LogP contribution in [0.1, 0.15) is 11.4 Å². The highest BCUT2D eigenvalue weighted by Gasteiger charge is 2.20.